The van der Waals surface area contributed by atoms with Crippen molar-refractivity contribution in [3.8, 4) is 17.0 Å². The zero-order valence-corrected chi connectivity index (χ0v) is 11.7. The second-order valence-corrected chi connectivity index (χ2v) is 4.53. The van der Waals surface area contributed by atoms with Gasteiger partial charge in [-0.2, -0.15) is 0 Å². The Morgan fingerprint density at radius 2 is 2.05 bits per heavy atom. The molecule has 0 saturated heterocycles. The van der Waals surface area contributed by atoms with Crippen LogP contribution in [0.3, 0.4) is 0 Å². The first kappa shape index (κ1) is 13.6. The Bertz CT molecular complexity index is 561. The van der Waals surface area contributed by atoms with Gasteiger partial charge in [0.05, 0.1) is 6.61 Å². The van der Waals surface area contributed by atoms with Gasteiger partial charge in [-0.1, -0.05) is 0 Å². The Balaban J connectivity index is 2.36. The molecule has 102 valence electrons. The smallest absolute Gasteiger partial charge is 0.195 e. The van der Waals surface area contributed by atoms with E-state index in [2.05, 4.69) is 18.0 Å². The van der Waals surface area contributed by atoms with Crippen molar-refractivity contribution in [1.29, 1.82) is 0 Å². The van der Waals surface area contributed by atoms with Gasteiger partial charge in [-0.3, -0.25) is 0 Å². The molecule has 2 aromatic rings. The van der Waals surface area contributed by atoms with Gasteiger partial charge in [-0.25, -0.2) is 4.98 Å². The SMILES string of the molecule is CCOc1cc(C)c(-c2coc(CCN)n2)cc1C. The van der Waals surface area contributed by atoms with Crippen LogP contribution in [0.2, 0.25) is 0 Å². The number of aromatic nitrogens is 1. The van der Waals surface area contributed by atoms with E-state index in [1.807, 2.05) is 19.9 Å². The molecule has 1 aromatic carbocycles. The minimum atomic E-state index is 0.543. The molecule has 0 bridgehead atoms. The van der Waals surface area contributed by atoms with Crippen molar-refractivity contribution >= 4 is 0 Å². The van der Waals surface area contributed by atoms with Gasteiger partial charge in [0.2, 0.25) is 0 Å². The first-order valence-corrected chi connectivity index (χ1v) is 6.54. The van der Waals surface area contributed by atoms with E-state index in [0.717, 1.165) is 28.1 Å². The molecule has 0 fully saturated rings. The first-order chi connectivity index (χ1) is 9.15. The van der Waals surface area contributed by atoms with E-state index in [-0.39, 0.29) is 0 Å². The Morgan fingerprint density at radius 3 is 2.74 bits per heavy atom. The molecule has 4 nitrogen and oxygen atoms in total. The van der Waals surface area contributed by atoms with Gasteiger partial charge in [0.1, 0.15) is 17.7 Å². The molecule has 4 heteroatoms. The summed E-state index contributed by atoms with van der Waals surface area (Å²) in [4.78, 5) is 4.46. The monoisotopic (exact) mass is 260 g/mol. The van der Waals surface area contributed by atoms with Gasteiger partial charge >= 0.3 is 0 Å². The zero-order chi connectivity index (χ0) is 13.8. The van der Waals surface area contributed by atoms with Crippen molar-refractivity contribution in [2.24, 2.45) is 5.73 Å². The Kier molecular flexibility index (Phi) is 4.22. The molecule has 0 aliphatic rings. The van der Waals surface area contributed by atoms with Crippen molar-refractivity contribution in [2.75, 3.05) is 13.2 Å². The summed E-state index contributed by atoms with van der Waals surface area (Å²) >= 11 is 0. The lowest BCUT2D eigenvalue weighted by Gasteiger charge is -2.10. The lowest BCUT2D eigenvalue weighted by Crippen LogP contribution is -2.02. The molecule has 2 N–H and O–H groups in total. The molecule has 0 radical (unpaired) electrons. The molecule has 1 heterocycles. The fourth-order valence-electron chi connectivity index (χ4n) is 2.05. The third-order valence-corrected chi connectivity index (χ3v) is 3.01. The highest BCUT2D eigenvalue weighted by molar-refractivity contribution is 5.65. The van der Waals surface area contributed by atoms with Gasteiger partial charge in [0, 0.05) is 18.5 Å². The van der Waals surface area contributed by atoms with E-state index in [4.69, 9.17) is 14.9 Å². The normalized spacial score (nSPS) is 10.7. The van der Waals surface area contributed by atoms with Crippen LogP contribution in [-0.2, 0) is 6.42 Å². The molecule has 0 spiro atoms. The molecule has 2 rings (SSSR count). The van der Waals surface area contributed by atoms with Crippen LogP contribution in [0.1, 0.15) is 23.9 Å². The van der Waals surface area contributed by atoms with Gasteiger partial charge in [0.25, 0.3) is 0 Å². The summed E-state index contributed by atoms with van der Waals surface area (Å²) in [5, 5.41) is 0. The first-order valence-electron chi connectivity index (χ1n) is 6.54. The third-order valence-electron chi connectivity index (χ3n) is 3.01. The van der Waals surface area contributed by atoms with Crippen molar-refractivity contribution < 1.29 is 9.15 Å². The van der Waals surface area contributed by atoms with Crippen LogP contribution < -0.4 is 10.5 Å². The van der Waals surface area contributed by atoms with E-state index in [9.17, 15) is 0 Å². The number of hydrogen-bond acceptors (Lipinski definition) is 4. The van der Waals surface area contributed by atoms with Crippen molar-refractivity contribution in [3.05, 3.63) is 35.4 Å². The molecule has 0 aliphatic carbocycles. The number of ether oxygens (including phenoxy) is 1. The van der Waals surface area contributed by atoms with Gasteiger partial charge in [-0.05, 0) is 44.0 Å². The number of nitrogens with zero attached hydrogens (tertiary/aromatic N) is 1. The van der Waals surface area contributed by atoms with E-state index in [0.29, 0.717) is 25.5 Å². The second kappa shape index (κ2) is 5.89. The fourth-order valence-corrected chi connectivity index (χ4v) is 2.05. The quantitative estimate of drug-likeness (QED) is 0.898. The molecule has 0 aliphatic heterocycles. The summed E-state index contributed by atoms with van der Waals surface area (Å²) in [6.45, 7) is 7.29. The average Bonchev–Trinajstić information content (AvgIpc) is 2.82. The Hall–Kier alpha value is -1.81. The zero-order valence-electron chi connectivity index (χ0n) is 11.7. The topological polar surface area (TPSA) is 61.3 Å². The van der Waals surface area contributed by atoms with E-state index >= 15 is 0 Å². The van der Waals surface area contributed by atoms with Gasteiger partial charge < -0.3 is 14.9 Å². The van der Waals surface area contributed by atoms with Crippen molar-refractivity contribution in [3.63, 3.8) is 0 Å². The standard InChI is InChI=1S/C15H20N2O2/c1-4-18-14-8-10(2)12(7-11(14)3)13-9-19-15(17-13)5-6-16/h7-9H,4-6,16H2,1-3H3. The fraction of sp³-hybridized carbons (Fsp3) is 0.400. The molecule has 0 unspecified atom stereocenters. The van der Waals surface area contributed by atoms with E-state index < -0.39 is 0 Å². The summed E-state index contributed by atoms with van der Waals surface area (Å²) in [5.74, 6) is 1.61. The number of benzene rings is 1. The molecule has 0 saturated carbocycles. The second-order valence-electron chi connectivity index (χ2n) is 4.53. The molecule has 0 amide bonds. The maximum absolute atomic E-state index is 5.59. The Morgan fingerprint density at radius 1 is 1.26 bits per heavy atom. The number of nitrogens with two attached hydrogens (primary N) is 1. The summed E-state index contributed by atoms with van der Waals surface area (Å²) in [6, 6.07) is 4.13. The van der Waals surface area contributed by atoms with Gasteiger partial charge in [-0.15, -0.1) is 0 Å². The van der Waals surface area contributed by atoms with Crippen LogP contribution in [0.4, 0.5) is 0 Å². The van der Waals surface area contributed by atoms with Crippen LogP contribution in [0, 0.1) is 13.8 Å². The lowest BCUT2D eigenvalue weighted by atomic mass is 10.0. The number of hydrogen-bond donors (Lipinski definition) is 1. The third kappa shape index (κ3) is 2.96. The van der Waals surface area contributed by atoms with Crippen LogP contribution in [0.5, 0.6) is 5.75 Å². The van der Waals surface area contributed by atoms with Crippen LogP contribution in [0.25, 0.3) is 11.3 Å². The van der Waals surface area contributed by atoms with Gasteiger partial charge in [0.15, 0.2) is 5.89 Å². The summed E-state index contributed by atoms with van der Waals surface area (Å²) in [7, 11) is 0. The maximum Gasteiger partial charge on any atom is 0.195 e. The highest BCUT2D eigenvalue weighted by Gasteiger charge is 2.11. The van der Waals surface area contributed by atoms with E-state index in [1.54, 1.807) is 6.26 Å². The molecule has 19 heavy (non-hydrogen) atoms. The molecular weight excluding hydrogens is 240 g/mol. The maximum atomic E-state index is 5.59. The summed E-state index contributed by atoms with van der Waals surface area (Å²) < 4.78 is 11.0. The summed E-state index contributed by atoms with van der Waals surface area (Å²) in [5.41, 5.74) is 9.66. The van der Waals surface area contributed by atoms with Crippen molar-refractivity contribution in [2.45, 2.75) is 27.2 Å². The van der Waals surface area contributed by atoms with Crippen LogP contribution in [-0.4, -0.2) is 18.1 Å². The Labute approximate surface area is 113 Å². The molecule has 0 atom stereocenters. The summed E-state index contributed by atoms with van der Waals surface area (Å²) in [6.07, 6.45) is 2.35. The number of oxazole rings is 1. The molecule has 1 aromatic heterocycles. The number of rotatable bonds is 5. The van der Waals surface area contributed by atoms with Crippen LogP contribution >= 0.6 is 0 Å². The van der Waals surface area contributed by atoms with Crippen molar-refractivity contribution in [1.82, 2.24) is 4.98 Å². The largest absolute Gasteiger partial charge is 0.494 e. The highest BCUT2D eigenvalue weighted by atomic mass is 16.5. The predicted octanol–water partition coefficient (Wildman–Crippen LogP) is 2.86. The van der Waals surface area contributed by atoms with Crippen LogP contribution in [0.15, 0.2) is 22.8 Å². The van der Waals surface area contributed by atoms with E-state index in [1.165, 1.54) is 0 Å². The highest BCUT2D eigenvalue weighted by Crippen LogP contribution is 2.29. The number of aryl methyl sites for hydroxylation is 2. The minimum Gasteiger partial charge on any atom is -0.494 e. The lowest BCUT2D eigenvalue weighted by molar-refractivity contribution is 0.337. The molecular formula is C15H20N2O2. The minimum absolute atomic E-state index is 0.543. The average molecular weight is 260 g/mol. The predicted molar refractivity (Wildman–Crippen MR) is 75.3 cm³/mol.